The Hall–Kier alpha value is -0.610. The molecule has 1 saturated heterocycles. The van der Waals surface area contributed by atoms with Gasteiger partial charge in [-0.3, -0.25) is 5.41 Å². The molecule has 4 heteroatoms. The number of amidine groups is 1. The molecule has 15 heavy (non-hydrogen) atoms. The molecule has 1 heterocycles. The second-order valence-electron chi connectivity index (χ2n) is 4.48. The number of hydrogen-bond acceptors (Lipinski definition) is 3. The minimum Gasteiger partial charge on any atom is -0.388 e. The quantitative estimate of drug-likeness (QED) is 0.483. The smallest absolute Gasteiger partial charge is 0.0918 e. The molecule has 1 fully saturated rings. The van der Waals surface area contributed by atoms with Gasteiger partial charge in [0, 0.05) is 13.0 Å². The maximum atomic E-state index is 7.14. The standard InChI is InChI=1S/C11H24N4/c1-14(10-5-11(12)13)6-4-9-15-7-2-3-8-15/h2-10H2,1H3,(H3,12,13). The lowest BCUT2D eigenvalue weighted by Crippen LogP contribution is -2.28. The van der Waals surface area contributed by atoms with Crippen LogP contribution in [0.15, 0.2) is 0 Å². The number of rotatable bonds is 7. The molecule has 0 spiro atoms. The highest BCUT2D eigenvalue weighted by Gasteiger charge is 2.10. The highest BCUT2D eigenvalue weighted by molar-refractivity contribution is 5.76. The second kappa shape index (κ2) is 6.80. The van der Waals surface area contributed by atoms with Crippen LogP contribution in [-0.2, 0) is 0 Å². The van der Waals surface area contributed by atoms with Gasteiger partial charge in [0.15, 0.2) is 0 Å². The Morgan fingerprint density at radius 1 is 1.33 bits per heavy atom. The monoisotopic (exact) mass is 212 g/mol. The van der Waals surface area contributed by atoms with Gasteiger partial charge in [-0.25, -0.2) is 0 Å². The fourth-order valence-corrected chi connectivity index (χ4v) is 1.99. The molecule has 3 N–H and O–H groups in total. The summed E-state index contributed by atoms with van der Waals surface area (Å²) in [6.45, 7) is 5.83. The average Bonchev–Trinajstić information content (AvgIpc) is 2.67. The fourth-order valence-electron chi connectivity index (χ4n) is 1.99. The summed E-state index contributed by atoms with van der Waals surface area (Å²) in [5.74, 6) is 0.293. The van der Waals surface area contributed by atoms with Gasteiger partial charge < -0.3 is 15.5 Å². The Bertz CT molecular complexity index is 187. The highest BCUT2D eigenvalue weighted by atomic mass is 15.1. The van der Waals surface area contributed by atoms with E-state index in [4.69, 9.17) is 11.1 Å². The third kappa shape index (κ3) is 5.74. The zero-order valence-corrected chi connectivity index (χ0v) is 9.84. The normalized spacial score (nSPS) is 17.5. The molecule has 0 radical (unpaired) electrons. The lowest BCUT2D eigenvalue weighted by Gasteiger charge is -2.19. The molecule has 0 unspecified atom stereocenters. The molecule has 0 aromatic heterocycles. The van der Waals surface area contributed by atoms with Crippen molar-refractivity contribution in [2.75, 3.05) is 39.8 Å². The molecule has 0 aromatic carbocycles. The van der Waals surface area contributed by atoms with Gasteiger partial charge in [0.25, 0.3) is 0 Å². The molecule has 1 aliphatic rings. The number of nitrogens with one attached hydrogen (secondary N) is 1. The molecule has 0 aliphatic carbocycles. The van der Waals surface area contributed by atoms with Crippen LogP contribution in [0, 0.1) is 5.41 Å². The van der Waals surface area contributed by atoms with Crippen LogP contribution < -0.4 is 5.73 Å². The molecule has 0 amide bonds. The van der Waals surface area contributed by atoms with E-state index in [1.165, 1.54) is 38.9 Å². The molecule has 88 valence electrons. The van der Waals surface area contributed by atoms with Gasteiger partial charge in [-0.2, -0.15) is 0 Å². The first-order chi connectivity index (χ1) is 7.18. The summed E-state index contributed by atoms with van der Waals surface area (Å²) >= 11 is 0. The van der Waals surface area contributed by atoms with E-state index < -0.39 is 0 Å². The average molecular weight is 212 g/mol. The summed E-state index contributed by atoms with van der Waals surface area (Å²) in [7, 11) is 2.10. The summed E-state index contributed by atoms with van der Waals surface area (Å²) in [5, 5.41) is 7.14. The van der Waals surface area contributed by atoms with Gasteiger partial charge in [-0.15, -0.1) is 0 Å². The van der Waals surface area contributed by atoms with E-state index >= 15 is 0 Å². The number of nitrogens with zero attached hydrogens (tertiary/aromatic N) is 2. The molecule has 4 nitrogen and oxygen atoms in total. The van der Waals surface area contributed by atoms with Crippen LogP contribution >= 0.6 is 0 Å². The predicted octanol–water partition coefficient (Wildman–Crippen LogP) is 0.730. The summed E-state index contributed by atoms with van der Waals surface area (Å²) < 4.78 is 0. The van der Waals surface area contributed by atoms with Crippen LogP contribution in [0.1, 0.15) is 25.7 Å². The van der Waals surface area contributed by atoms with Crippen molar-refractivity contribution in [1.29, 1.82) is 5.41 Å². The van der Waals surface area contributed by atoms with Crippen molar-refractivity contribution in [3.05, 3.63) is 0 Å². The topological polar surface area (TPSA) is 56.4 Å². The predicted molar refractivity (Wildman–Crippen MR) is 64.3 cm³/mol. The Morgan fingerprint density at radius 2 is 2.00 bits per heavy atom. The van der Waals surface area contributed by atoms with Crippen molar-refractivity contribution in [2.24, 2.45) is 5.73 Å². The van der Waals surface area contributed by atoms with E-state index in [9.17, 15) is 0 Å². The Kier molecular flexibility index (Phi) is 5.65. The van der Waals surface area contributed by atoms with E-state index in [0.29, 0.717) is 12.3 Å². The van der Waals surface area contributed by atoms with Crippen LogP contribution in [0.3, 0.4) is 0 Å². The van der Waals surface area contributed by atoms with Crippen molar-refractivity contribution in [3.8, 4) is 0 Å². The van der Waals surface area contributed by atoms with Crippen molar-refractivity contribution in [3.63, 3.8) is 0 Å². The third-order valence-electron chi connectivity index (χ3n) is 2.98. The van der Waals surface area contributed by atoms with Crippen molar-refractivity contribution in [1.82, 2.24) is 9.80 Å². The van der Waals surface area contributed by atoms with Gasteiger partial charge in [0.05, 0.1) is 5.84 Å². The van der Waals surface area contributed by atoms with Gasteiger partial charge in [-0.1, -0.05) is 0 Å². The summed E-state index contributed by atoms with van der Waals surface area (Å²) in [4.78, 5) is 4.80. The third-order valence-corrected chi connectivity index (χ3v) is 2.98. The van der Waals surface area contributed by atoms with Crippen molar-refractivity contribution in [2.45, 2.75) is 25.7 Å². The molecular formula is C11H24N4. The molecule has 1 rings (SSSR count). The Balaban J connectivity index is 1.96. The Labute approximate surface area is 92.9 Å². The number of hydrogen-bond donors (Lipinski definition) is 2. The van der Waals surface area contributed by atoms with Gasteiger partial charge >= 0.3 is 0 Å². The number of likely N-dealkylation sites (tertiary alicyclic amines) is 1. The summed E-state index contributed by atoms with van der Waals surface area (Å²) in [6, 6.07) is 0. The Morgan fingerprint density at radius 3 is 2.60 bits per heavy atom. The second-order valence-corrected chi connectivity index (χ2v) is 4.48. The van der Waals surface area contributed by atoms with Gasteiger partial charge in [0.1, 0.15) is 0 Å². The van der Waals surface area contributed by atoms with Crippen LogP contribution in [0.4, 0.5) is 0 Å². The van der Waals surface area contributed by atoms with E-state index in [2.05, 4.69) is 16.8 Å². The summed E-state index contributed by atoms with van der Waals surface area (Å²) in [6.07, 6.45) is 4.68. The highest BCUT2D eigenvalue weighted by Crippen LogP contribution is 2.07. The first-order valence-electron chi connectivity index (χ1n) is 5.92. The first-order valence-corrected chi connectivity index (χ1v) is 5.92. The lowest BCUT2D eigenvalue weighted by molar-refractivity contribution is 0.283. The molecule has 0 saturated carbocycles. The lowest BCUT2D eigenvalue weighted by atomic mass is 10.3. The summed E-state index contributed by atoms with van der Waals surface area (Å²) in [5.41, 5.74) is 5.32. The van der Waals surface area contributed by atoms with E-state index in [1.807, 2.05) is 0 Å². The maximum absolute atomic E-state index is 7.14. The van der Waals surface area contributed by atoms with Crippen molar-refractivity contribution >= 4 is 5.84 Å². The van der Waals surface area contributed by atoms with Crippen molar-refractivity contribution < 1.29 is 0 Å². The molecular weight excluding hydrogens is 188 g/mol. The van der Waals surface area contributed by atoms with Crippen LogP contribution in [0.5, 0.6) is 0 Å². The van der Waals surface area contributed by atoms with Crippen LogP contribution in [0.25, 0.3) is 0 Å². The largest absolute Gasteiger partial charge is 0.388 e. The minimum absolute atomic E-state index is 0.293. The zero-order valence-electron chi connectivity index (χ0n) is 9.84. The van der Waals surface area contributed by atoms with Gasteiger partial charge in [0.2, 0.25) is 0 Å². The van der Waals surface area contributed by atoms with E-state index in [0.717, 1.165) is 13.1 Å². The maximum Gasteiger partial charge on any atom is 0.0918 e. The first kappa shape index (κ1) is 12.5. The number of nitrogens with two attached hydrogens (primary N) is 1. The SMILES string of the molecule is CN(CCCN1CCCC1)CCC(=N)N. The zero-order chi connectivity index (χ0) is 11.1. The van der Waals surface area contributed by atoms with Crippen LogP contribution in [0.2, 0.25) is 0 Å². The minimum atomic E-state index is 0.293. The molecule has 0 aromatic rings. The molecule has 0 atom stereocenters. The van der Waals surface area contributed by atoms with Gasteiger partial charge in [-0.05, 0) is 52.5 Å². The van der Waals surface area contributed by atoms with E-state index in [-0.39, 0.29) is 0 Å². The molecule has 1 aliphatic heterocycles. The van der Waals surface area contributed by atoms with E-state index in [1.54, 1.807) is 0 Å². The molecule has 0 bridgehead atoms. The van der Waals surface area contributed by atoms with Crippen LogP contribution in [-0.4, -0.2) is 55.4 Å². The fraction of sp³-hybridized carbons (Fsp3) is 0.909.